The standard InChI is InChI=1S/C19H22F3N3O2/c1-12(2)27-16-8-7-13(17(10-16)19(20,21)22)11-24-18(23)25-14-5-4-6-15(9-14)26-3/h4-10,12H,11H2,1-3H3,(H3,23,24,25). The van der Waals surface area contributed by atoms with Gasteiger partial charge in [-0.15, -0.1) is 0 Å². The molecule has 0 aliphatic heterocycles. The molecule has 5 nitrogen and oxygen atoms in total. The van der Waals surface area contributed by atoms with Crippen LogP contribution in [-0.2, 0) is 12.7 Å². The molecule has 146 valence electrons. The van der Waals surface area contributed by atoms with Gasteiger partial charge in [0.2, 0.25) is 0 Å². The fourth-order valence-electron chi connectivity index (χ4n) is 2.36. The van der Waals surface area contributed by atoms with Gasteiger partial charge in [-0.2, -0.15) is 13.2 Å². The molecule has 2 aromatic carbocycles. The number of hydrogen-bond acceptors (Lipinski definition) is 3. The summed E-state index contributed by atoms with van der Waals surface area (Å²) in [7, 11) is 1.53. The summed E-state index contributed by atoms with van der Waals surface area (Å²) in [6, 6.07) is 10.8. The van der Waals surface area contributed by atoms with Gasteiger partial charge in [0.1, 0.15) is 11.5 Å². The summed E-state index contributed by atoms with van der Waals surface area (Å²) >= 11 is 0. The largest absolute Gasteiger partial charge is 0.497 e. The summed E-state index contributed by atoms with van der Waals surface area (Å²) in [5.41, 5.74) is 5.63. The molecular formula is C19H22F3N3O2. The Morgan fingerprint density at radius 2 is 1.89 bits per heavy atom. The number of benzene rings is 2. The molecule has 0 amide bonds. The lowest BCUT2D eigenvalue weighted by molar-refractivity contribution is -0.138. The molecule has 27 heavy (non-hydrogen) atoms. The van der Waals surface area contributed by atoms with E-state index in [9.17, 15) is 13.2 Å². The minimum atomic E-state index is -4.52. The number of hydrogen-bond donors (Lipinski definition) is 2. The zero-order valence-corrected chi connectivity index (χ0v) is 15.3. The van der Waals surface area contributed by atoms with Crippen LogP contribution >= 0.6 is 0 Å². The van der Waals surface area contributed by atoms with Crippen molar-refractivity contribution in [2.45, 2.75) is 32.7 Å². The van der Waals surface area contributed by atoms with Gasteiger partial charge in [0, 0.05) is 11.8 Å². The Hall–Kier alpha value is -2.90. The quantitative estimate of drug-likeness (QED) is 0.574. The summed E-state index contributed by atoms with van der Waals surface area (Å²) in [5.74, 6) is 0.777. The number of methoxy groups -OCH3 is 1. The molecule has 8 heteroatoms. The van der Waals surface area contributed by atoms with E-state index in [4.69, 9.17) is 15.2 Å². The van der Waals surface area contributed by atoms with Gasteiger partial charge in [-0.25, -0.2) is 4.99 Å². The summed E-state index contributed by atoms with van der Waals surface area (Å²) in [4.78, 5) is 4.01. The van der Waals surface area contributed by atoms with Gasteiger partial charge in [0.05, 0.1) is 25.3 Å². The van der Waals surface area contributed by atoms with E-state index in [-0.39, 0.29) is 29.9 Å². The Labute approximate surface area is 156 Å². The van der Waals surface area contributed by atoms with E-state index in [1.807, 2.05) is 0 Å². The first-order chi connectivity index (χ1) is 12.7. The van der Waals surface area contributed by atoms with Gasteiger partial charge in [0.25, 0.3) is 0 Å². The zero-order valence-electron chi connectivity index (χ0n) is 15.3. The first-order valence-electron chi connectivity index (χ1n) is 8.27. The van der Waals surface area contributed by atoms with Crippen LogP contribution in [0.25, 0.3) is 0 Å². The third-order valence-electron chi connectivity index (χ3n) is 3.52. The summed E-state index contributed by atoms with van der Waals surface area (Å²) < 4.78 is 50.5. The van der Waals surface area contributed by atoms with Crippen molar-refractivity contribution in [3.63, 3.8) is 0 Å². The van der Waals surface area contributed by atoms with Crippen LogP contribution in [0.2, 0.25) is 0 Å². The average Bonchev–Trinajstić information content (AvgIpc) is 2.59. The van der Waals surface area contributed by atoms with E-state index in [0.29, 0.717) is 11.4 Å². The van der Waals surface area contributed by atoms with Crippen LogP contribution in [-0.4, -0.2) is 19.2 Å². The molecule has 0 bridgehead atoms. The number of ether oxygens (including phenoxy) is 2. The fraction of sp³-hybridized carbons (Fsp3) is 0.316. The number of nitrogens with zero attached hydrogens (tertiary/aromatic N) is 1. The highest BCUT2D eigenvalue weighted by Gasteiger charge is 2.33. The minimum absolute atomic E-state index is 0.00103. The monoisotopic (exact) mass is 381 g/mol. The van der Waals surface area contributed by atoms with E-state index >= 15 is 0 Å². The van der Waals surface area contributed by atoms with Crippen molar-refractivity contribution in [2.24, 2.45) is 10.7 Å². The van der Waals surface area contributed by atoms with E-state index in [1.165, 1.54) is 19.2 Å². The fourth-order valence-corrected chi connectivity index (χ4v) is 2.36. The van der Waals surface area contributed by atoms with E-state index < -0.39 is 11.7 Å². The van der Waals surface area contributed by atoms with Crippen molar-refractivity contribution in [3.05, 3.63) is 53.6 Å². The number of guanidine groups is 1. The number of nitrogens with two attached hydrogens (primary N) is 1. The molecule has 0 saturated heterocycles. The Morgan fingerprint density at radius 1 is 1.15 bits per heavy atom. The Bertz CT molecular complexity index is 805. The molecule has 2 aromatic rings. The average molecular weight is 381 g/mol. The van der Waals surface area contributed by atoms with Crippen LogP contribution in [0.3, 0.4) is 0 Å². The van der Waals surface area contributed by atoms with Crippen molar-refractivity contribution in [1.29, 1.82) is 0 Å². The molecule has 0 atom stereocenters. The van der Waals surface area contributed by atoms with Crippen molar-refractivity contribution >= 4 is 11.6 Å². The second-order valence-corrected chi connectivity index (χ2v) is 6.04. The first-order valence-corrected chi connectivity index (χ1v) is 8.27. The summed E-state index contributed by atoms with van der Waals surface area (Å²) in [6.45, 7) is 3.27. The van der Waals surface area contributed by atoms with Crippen molar-refractivity contribution in [1.82, 2.24) is 0 Å². The molecule has 0 heterocycles. The second kappa shape index (κ2) is 8.66. The number of halogens is 3. The number of nitrogens with one attached hydrogen (secondary N) is 1. The lowest BCUT2D eigenvalue weighted by Gasteiger charge is -2.16. The van der Waals surface area contributed by atoms with Gasteiger partial charge in [-0.1, -0.05) is 12.1 Å². The minimum Gasteiger partial charge on any atom is -0.497 e. The Kier molecular flexibility index (Phi) is 6.55. The highest BCUT2D eigenvalue weighted by atomic mass is 19.4. The highest BCUT2D eigenvalue weighted by molar-refractivity contribution is 5.92. The predicted octanol–water partition coefficient (Wildman–Crippen LogP) is 4.43. The molecule has 3 N–H and O–H groups in total. The Morgan fingerprint density at radius 3 is 2.52 bits per heavy atom. The van der Waals surface area contributed by atoms with Crippen LogP contribution in [0.4, 0.5) is 18.9 Å². The molecule has 0 spiro atoms. The van der Waals surface area contributed by atoms with Crippen LogP contribution in [0, 0.1) is 0 Å². The van der Waals surface area contributed by atoms with Crippen LogP contribution in [0.1, 0.15) is 25.0 Å². The molecule has 0 aliphatic carbocycles. The summed E-state index contributed by atoms with van der Waals surface area (Å²) in [6.07, 6.45) is -4.74. The number of anilines is 1. The van der Waals surface area contributed by atoms with E-state index in [2.05, 4.69) is 10.3 Å². The molecular weight excluding hydrogens is 359 g/mol. The smallest absolute Gasteiger partial charge is 0.416 e. The summed E-state index contributed by atoms with van der Waals surface area (Å²) in [5, 5.41) is 2.82. The molecule has 0 fully saturated rings. The third kappa shape index (κ3) is 6.09. The maximum absolute atomic E-state index is 13.4. The maximum Gasteiger partial charge on any atom is 0.416 e. The normalized spacial score (nSPS) is 12.2. The van der Waals surface area contributed by atoms with Crippen molar-refractivity contribution in [2.75, 3.05) is 12.4 Å². The zero-order chi connectivity index (χ0) is 20.0. The lowest BCUT2D eigenvalue weighted by atomic mass is 10.1. The predicted molar refractivity (Wildman–Crippen MR) is 99.2 cm³/mol. The van der Waals surface area contributed by atoms with Crippen molar-refractivity contribution in [3.8, 4) is 11.5 Å². The topological polar surface area (TPSA) is 68.9 Å². The van der Waals surface area contributed by atoms with Crippen molar-refractivity contribution < 1.29 is 22.6 Å². The molecule has 0 aromatic heterocycles. The van der Waals surface area contributed by atoms with E-state index in [0.717, 1.165) is 6.07 Å². The second-order valence-electron chi connectivity index (χ2n) is 6.04. The van der Waals surface area contributed by atoms with Gasteiger partial charge < -0.3 is 20.5 Å². The van der Waals surface area contributed by atoms with Gasteiger partial charge in [0.15, 0.2) is 5.96 Å². The third-order valence-corrected chi connectivity index (χ3v) is 3.52. The van der Waals surface area contributed by atoms with Crippen LogP contribution in [0.15, 0.2) is 47.5 Å². The number of aliphatic imine (C=N–C) groups is 1. The van der Waals surface area contributed by atoms with Crippen LogP contribution in [0.5, 0.6) is 11.5 Å². The first kappa shape index (κ1) is 20.4. The molecule has 2 rings (SSSR count). The number of rotatable bonds is 6. The Balaban J connectivity index is 2.18. The van der Waals surface area contributed by atoms with E-state index in [1.54, 1.807) is 38.1 Å². The lowest BCUT2D eigenvalue weighted by Crippen LogP contribution is -2.22. The maximum atomic E-state index is 13.4. The molecule has 0 radical (unpaired) electrons. The molecule has 0 unspecified atom stereocenters. The number of alkyl halides is 3. The SMILES string of the molecule is COc1cccc(NC(N)=NCc2ccc(OC(C)C)cc2C(F)(F)F)c1. The molecule has 0 aliphatic rings. The van der Waals surface area contributed by atoms with Gasteiger partial charge in [-0.05, 0) is 43.7 Å². The van der Waals surface area contributed by atoms with Crippen LogP contribution < -0.4 is 20.5 Å². The van der Waals surface area contributed by atoms with Gasteiger partial charge >= 0.3 is 6.18 Å². The highest BCUT2D eigenvalue weighted by Crippen LogP contribution is 2.35. The van der Waals surface area contributed by atoms with Gasteiger partial charge in [-0.3, -0.25) is 0 Å². The molecule has 0 saturated carbocycles.